The third-order valence-corrected chi connectivity index (χ3v) is 3.24. The zero-order valence-electron chi connectivity index (χ0n) is 7.42. The molecule has 2 rings (SSSR count). The van der Waals surface area contributed by atoms with Crippen LogP contribution in [0.3, 0.4) is 0 Å². The van der Waals surface area contributed by atoms with Gasteiger partial charge in [0.2, 0.25) is 0 Å². The van der Waals surface area contributed by atoms with Crippen LogP contribution in [0.1, 0.15) is 38.5 Å². The summed E-state index contributed by atoms with van der Waals surface area (Å²) in [5.41, 5.74) is 0. The van der Waals surface area contributed by atoms with Gasteiger partial charge in [0.1, 0.15) is 0 Å². The number of rotatable bonds is 2. The summed E-state index contributed by atoms with van der Waals surface area (Å²) in [4.78, 5) is 0. The highest BCUT2D eigenvalue weighted by molar-refractivity contribution is 4.98. The first-order valence-electron chi connectivity index (χ1n) is 5.06. The lowest BCUT2D eigenvalue weighted by Crippen LogP contribution is -2.43. The van der Waals surface area contributed by atoms with Gasteiger partial charge in [0.25, 0.3) is 0 Å². The summed E-state index contributed by atoms with van der Waals surface area (Å²) in [7, 11) is 0. The Morgan fingerprint density at radius 2 is 1.83 bits per heavy atom. The van der Waals surface area contributed by atoms with Crippen LogP contribution in [0.4, 0.5) is 0 Å². The van der Waals surface area contributed by atoms with Gasteiger partial charge in [-0.3, -0.25) is 0 Å². The van der Waals surface area contributed by atoms with Crippen molar-refractivity contribution in [2.24, 2.45) is 5.92 Å². The molecule has 0 aromatic carbocycles. The molecule has 0 radical (unpaired) electrons. The number of nitrogens with zero attached hydrogens (tertiary/aromatic N) is 1. The average Bonchev–Trinajstić information content (AvgIpc) is 2.43. The van der Waals surface area contributed by atoms with Gasteiger partial charge in [-0.25, -0.2) is 0 Å². The second-order valence-corrected chi connectivity index (χ2v) is 4.07. The monoisotopic (exact) mass is 164 g/mol. The van der Waals surface area contributed by atoms with Crippen molar-refractivity contribution in [1.29, 1.82) is 5.26 Å². The van der Waals surface area contributed by atoms with Crippen molar-refractivity contribution < 1.29 is 0 Å². The van der Waals surface area contributed by atoms with E-state index in [0.29, 0.717) is 12.0 Å². The molecule has 0 aromatic heterocycles. The zero-order chi connectivity index (χ0) is 8.39. The van der Waals surface area contributed by atoms with Gasteiger partial charge in [-0.2, -0.15) is 5.26 Å². The second-order valence-electron chi connectivity index (χ2n) is 4.07. The smallest absolute Gasteiger partial charge is 0.0672 e. The van der Waals surface area contributed by atoms with E-state index in [1.165, 1.54) is 32.1 Å². The fourth-order valence-electron chi connectivity index (χ4n) is 2.19. The molecule has 2 nitrogen and oxygen atoms in total. The molecular formula is C10H16N2. The van der Waals surface area contributed by atoms with E-state index in [2.05, 4.69) is 11.4 Å². The Morgan fingerprint density at radius 3 is 2.42 bits per heavy atom. The molecule has 0 spiro atoms. The van der Waals surface area contributed by atoms with Crippen molar-refractivity contribution in [3.63, 3.8) is 0 Å². The van der Waals surface area contributed by atoms with Crippen molar-refractivity contribution in [2.45, 2.75) is 50.6 Å². The Balaban J connectivity index is 1.82. The van der Waals surface area contributed by atoms with Gasteiger partial charge in [-0.05, 0) is 25.7 Å². The molecule has 1 N–H and O–H groups in total. The molecule has 0 bridgehead atoms. The predicted molar refractivity (Wildman–Crippen MR) is 47.5 cm³/mol. The summed E-state index contributed by atoms with van der Waals surface area (Å²) in [6.45, 7) is 0. The van der Waals surface area contributed by atoms with Crippen LogP contribution in [0.15, 0.2) is 0 Å². The highest BCUT2D eigenvalue weighted by atomic mass is 15.0. The summed E-state index contributed by atoms with van der Waals surface area (Å²) in [5, 5.41) is 12.4. The summed E-state index contributed by atoms with van der Waals surface area (Å²) < 4.78 is 0. The standard InChI is InChI=1S/C10H16N2/c11-7-8-3-1-6-10(8)12-9-4-2-5-9/h8-10,12H,1-6H2. The lowest BCUT2D eigenvalue weighted by molar-refractivity contribution is 0.290. The van der Waals surface area contributed by atoms with Crippen LogP contribution in [0.2, 0.25) is 0 Å². The van der Waals surface area contributed by atoms with Gasteiger partial charge in [-0.15, -0.1) is 0 Å². The molecule has 0 amide bonds. The normalized spacial score (nSPS) is 35.9. The second kappa shape index (κ2) is 3.45. The average molecular weight is 164 g/mol. The van der Waals surface area contributed by atoms with Crippen molar-refractivity contribution in [3.05, 3.63) is 0 Å². The van der Waals surface area contributed by atoms with Gasteiger partial charge in [0.15, 0.2) is 0 Å². The summed E-state index contributed by atoms with van der Waals surface area (Å²) in [5.74, 6) is 0.297. The lowest BCUT2D eigenvalue weighted by atomic mass is 9.91. The SMILES string of the molecule is N#CC1CCCC1NC1CCC1. The minimum atomic E-state index is 0.297. The Hall–Kier alpha value is -0.550. The Labute approximate surface area is 74.0 Å². The predicted octanol–water partition coefficient (Wildman–Crippen LogP) is 1.82. The van der Waals surface area contributed by atoms with Gasteiger partial charge < -0.3 is 5.32 Å². The van der Waals surface area contributed by atoms with Gasteiger partial charge >= 0.3 is 0 Å². The van der Waals surface area contributed by atoms with Gasteiger partial charge in [0, 0.05) is 12.1 Å². The van der Waals surface area contributed by atoms with Crippen LogP contribution >= 0.6 is 0 Å². The summed E-state index contributed by atoms with van der Waals surface area (Å²) >= 11 is 0. The van der Waals surface area contributed by atoms with Crippen molar-refractivity contribution in [2.75, 3.05) is 0 Å². The molecule has 0 aromatic rings. The fraction of sp³-hybridized carbons (Fsp3) is 0.900. The molecule has 0 aliphatic heterocycles. The zero-order valence-corrected chi connectivity index (χ0v) is 7.42. The van der Waals surface area contributed by atoms with Gasteiger partial charge in [-0.1, -0.05) is 12.8 Å². The van der Waals surface area contributed by atoms with Crippen LogP contribution in [-0.4, -0.2) is 12.1 Å². The maximum atomic E-state index is 8.85. The van der Waals surface area contributed by atoms with Crippen molar-refractivity contribution in [1.82, 2.24) is 5.32 Å². The molecule has 2 fully saturated rings. The maximum absolute atomic E-state index is 8.85. The molecular weight excluding hydrogens is 148 g/mol. The van der Waals surface area contributed by atoms with Crippen LogP contribution in [0, 0.1) is 17.2 Å². The van der Waals surface area contributed by atoms with Crippen molar-refractivity contribution >= 4 is 0 Å². The van der Waals surface area contributed by atoms with Crippen molar-refractivity contribution in [3.8, 4) is 6.07 Å². The molecule has 2 unspecified atom stereocenters. The third-order valence-electron chi connectivity index (χ3n) is 3.24. The topological polar surface area (TPSA) is 35.8 Å². The van der Waals surface area contributed by atoms with E-state index >= 15 is 0 Å². The molecule has 0 heterocycles. The molecule has 12 heavy (non-hydrogen) atoms. The minimum Gasteiger partial charge on any atom is -0.310 e. The molecule has 2 aliphatic rings. The highest BCUT2D eigenvalue weighted by Gasteiger charge is 2.30. The highest BCUT2D eigenvalue weighted by Crippen LogP contribution is 2.28. The molecule has 2 atom stereocenters. The Bertz CT molecular complexity index is 191. The summed E-state index contributed by atoms with van der Waals surface area (Å²) in [6.07, 6.45) is 7.60. The largest absolute Gasteiger partial charge is 0.310 e. The first-order valence-corrected chi connectivity index (χ1v) is 5.06. The minimum absolute atomic E-state index is 0.297. The van der Waals surface area contributed by atoms with E-state index in [4.69, 9.17) is 5.26 Å². The van der Waals surface area contributed by atoms with E-state index in [-0.39, 0.29) is 0 Å². The number of hydrogen-bond acceptors (Lipinski definition) is 2. The number of nitrogens with one attached hydrogen (secondary N) is 1. The quantitative estimate of drug-likeness (QED) is 0.675. The Kier molecular flexibility index (Phi) is 2.32. The lowest BCUT2D eigenvalue weighted by Gasteiger charge is -2.30. The van der Waals surface area contributed by atoms with E-state index in [0.717, 1.165) is 12.5 Å². The van der Waals surface area contributed by atoms with E-state index in [1.807, 2.05) is 0 Å². The number of hydrogen-bond donors (Lipinski definition) is 1. The summed E-state index contributed by atoms with van der Waals surface area (Å²) in [6, 6.07) is 3.66. The molecule has 2 aliphatic carbocycles. The third kappa shape index (κ3) is 1.47. The van der Waals surface area contributed by atoms with Crippen LogP contribution in [-0.2, 0) is 0 Å². The van der Waals surface area contributed by atoms with E-state index in [1.54, 1.807) is 0 Å². The first-order chi connectivity index (χ1) is 5.90. The fourth-order valence-corrected chi connectivity index (χ4v) is 2.19. The Morgan fingerprint density at radius 1 is 1.08 bits per heavy atom. The van der Waals surface area contributed by atoms with Gasteiger partial charge in [0.05, 0.1) is 12.0 Å². The van der Waals surface area contributed by atoms with E-state index in [9.17, 15) is 0 Å². The van der Waals surface area contributed by atoms with E-state index < -0.39 is 0 Å². The van der Waals surface area contributed by atoms with Crippen LogP contribution in [0.5, 0.6) is 0 Å². The molecule has 2 saturated carbocycles. The molecule has 2 heteroatoms. The van der Waals surface area contributed by atoms with Crippen LogP contribution in [0.25, 0.3) is 0 Å². The first kappa shape index (κ1) is 8.07. The maximum Gasteiger partial charge on any atom is 0.0672 e. The number of nitriles is 1. The molecule has 66 valence electrons. The van der Waals surface area contributed by atoms with Crippen LogP contribution < -0.4 is 5.32 Å². The molecule has 0 saturated heterocycles.